The number of amides is 1. The Morgan fingerprint density at radius 3 is 2.53 bits per heavy atom. The van der Waals surface area contributed by atoms with E-state index in [1.807, 2.05) is 52.1 Å². The van der Waals surface area contributed by atoms with Crippen molar-refractivity contribution >= 4 is 5.91 Å². The van der Waals surface area contributed by atoms with E-state index >= 15 is 0 Å². The second-order valence-corrected chi connectivity index (χ2v) is 11.1. The topological polar surface area (TPSA) is 67.2 Å². The van der Waals surface area contributed by atoms with Crippen molar-refractivity contribution in [1.29, 1.82) is 0 Å². The number of carbonyl (C=O) groups excluding carboxylic acids is 1. The minimum Gasteiger partial charge on any atom is -0.342 e. The van der Waals surface area contributed by atoms with E-state index < -0.39 is 0 Å². The molecule has 7 rings (SSSR count). The highest BCUT2D eigenvalue weighted by molar-refractivity contribution is 5.78. The van der Waals surface area contributed by atoms with E-state index in [2.05, 4.69) is 38.1 Å². The van der Waals surface area contributed by atoms with Crippen LogP contribution >= 0.6 is 0 Å². The van der Waals surface area contributed by atoms with Gasteiger partial charge in [-0.1, -0.05) is 30.3 Å². The second-order valence-electron chi connectivity index (χ2n) is 11.1. The monoisotopic (exact) mass is 504 g/mol. The van der Waals surface area contributed by atoms with Crippen molar-refractivity contribution in [3.63, 3.8) is 0 Å². The molecule has 1 aliphatic carbocycles. The van der Waals surface area contributed by atoms with Crippen LogP contribution in [0.5, 0.6) is 0 Å². The summed E-state index contributed by atoms with van der Waals surface area (Å²) in [7, 11) is 0. The average molecular weight is 505 g/mol. The van der Waals surface area contributed by atoms with Crippen molar-refractivity contribution in [2.24, 2.45) is 5.41 Å². The van der Waals surface area contributed by atoms with Gasteiger partial charge in [0.1, 0.15) is 0 Å². The van der Waals surface area contributed by atoms with E-state index in [1.54, 1.807) is 18.7 Å². The van der Waals surface area contributed by atoms with Gasteiger partial charge >= 0.3 is 0 Å². The maximum Gasteiger partial charge on any atom is 0.228 e. The first kappa shape index (κ1) is 23.3. The molecular formula is C31H32N6O. The van der Waals surface area contributed by atoms with E-state index in [-0.39, 0.29) is 5.91 Å². The SMILES string of the molecule is O=C(Cc1cn(-c2ccccc2)cn1)N1CCC2(CC1)CN(C1CCc3cc(-c4ncccn4)ccc31)C2. The molecule has 4 aromatic rings. The van der Waals surface area contributed by atoms with Crippen LogP contribution in [0.15, 0.2) is 79.5 Å². The number of para-hydroxylation sites is 1. The van der Waals surface area contributed by atoms with Crippen LogP contribution in [0.2, 0.25) is 0 Å². The van der Waals surface area contributed by atoms with Gasteiger partial charge in [0.2, 0.25) is 5.91 Å². The number of benzene rings is 2. The smallest absolute Gasteiger partial charge is 0.228 e. The van der Waals surface area contributed by atoms with Gasteiger partial charge in [-0.3, -0.25) is 9.69 Å². The number of piperidine rings is 1. The second kappa shape index (κ2) is 9.48. The number of aromatic nitrogens is 4. The van der Waals surface area contributed by atoms with E-state index in [9.17, 15) is 4.79 Å². The summed E-state index contributed by atoms with van der Waals surface area (Å²) in [4.78, 5) is 31.1. The molecule has 2 aliphatic heterocycles. The van der Waals surface area contributed by atoms with E-state index in [1.165, 1.54) is 17.5 Å². The van der Waals surface area contributed by atoms with Gasteiger partial charge in [-0.15, -0.1) is 0 Å². The Kier molecular flexibility index (Phi) is 5.81. The molecule has 0 radical (unpaired) electrons. The van der Waals surface area contributed by atoms with Gasteiger partial charge in [0, 0.05) is 62.1 Å². The van der Waals surface area contributed by atoms with Crippen LogP contribution < -0.4 is 0 Å². The normalized spacial score (nSPS) is 20.3. The quantitative estimate of drug-likeness (QED) is 0.401. The molecule has 1 unspecified atom stereocenters. The number of nitrogens with zero attached hydrogens (tertiary/aromatic N) is 6. The Morgan fingerprint density at radius 1 is 0.947 bits per heavy atom. The van der Waals surface area contributed by atoms with Crippen LogP contribution in [-0.2, 0) is 17.6 Å². The predicted molar refractivity (Wildman–Crippen MR) is 146 cm³/mol. The number of rotatable bonds is 5. The van der Waals surface area contributed by atoms with Gasteiger partial charge in [-0.05, 0) is 66.5 Å². The first-order chi connectivity index (χ1) is 18.7. The lowest BCUT2D eigenvalue weighted by molar-refractivity contribution is -0.136. The number of hydrogen-bond donors (Lipinski definition) is 0. The fraction of sp³-hybridized carbons (Fsp3) is 0.355. The molecule has 7 heteroatoms. The maximum absolute atomic E-state index is 13.0. The Labute approximate surface area is 223 Å². The molecule has 2 aromatic heterocycles. The Balaban J connectivity index is 0.932. The van der Waals surface area contributed by atoms with Crippen LogP contribution in [0, 0.1) is 5.41 Å². The molecule has 3 aliphatic rings. The number of hydrogen-bond acceptors (Lipinski definition) is 5. The van der Waals surface area contributed by atoms with Gasteiger partial charge in [-0.25, -0.2) is 15.0 Å². The number of imidazole rings is 1. The van der Waals surface area contributed by atoms with Gasteiger partial charge in [-0.2, -0.15) is 0 Å². The molecule has 192 valence electrons. The molecule has 0 N–H and O–H groups in total. The molecule has 4 heterocycles. The van der Waals surface area contributed by atoms with Crippen molar-refractivity contribution in [1.82, 2.24) is 29.3 Å². The maximum atomic E-state index is 13.0. The van der Waals surface area contributed by atoms with Crippen LogP contribution in [0.3, 0.4) is 0 Å². The van der Waals surface area contributed by atoms with Crippen LogP contribution in [0.4, 0.5) is 0 Å². The van der Waals surface area contributed by atoms with Crippen LogP contribution in [-0.4, -0.2) is 61.4 Å². The fourth-order valence-corrected chi connectivity index (χ4v) is 6.61. The third-order valence-corrected chi connectivity index (χ3v) is 8.73. The molecular weight excluding hydrogens is 472 g/mol. The van der Waals surface area contributed by atoms with E-state index in [0.717, 1.165) is 68.2 Å². The highest BCUT2D eigenvalue weighted by atomic mass is 16.2. The summed E-state index contributed by atoms with van der Waals surface area (Å²) in [5.74, 6) is 0.991. The molecule has 0 saturated carbocycles. The Morgan fingerprint density at radius 2 is 1.74 bits per heavy atom. The Bertz CT molecular complexity index is 1430. The summed E-state index contributed by atoms with van der Waals surface area (Å²) < 4.78 is 1.98. The predicted octanol–water partition coefficient (Wildman–Crippen LogP) is 4.48. The van der Waals surface area contributed by atoms with Crippen molar-refractivity contribution in [2.75, 3.05) is 26.2 Å². The van der Waals surface area contributed by atoms with E-state index in [4.69, 9.17) is 0 Å². The number of fused-ring (bicyclic) bond motifs is 1. The average Bonchev–Trinajstić information content (AvgIpc) is 3.59. The van der Waals surface area contributed by atoms with Crippen LogP contribution in [0.25, 0.3) is 17.1 Å². The van der Waals surface area contributed by atoms with E-state index in [0.29, 0.717) is 17.9 Å². The molecule has 1 atom stereocenters. The summed E-state index contributed by atoms with van der Waals surface area (Å²) in [6.07, 6.45) is 12.2. The van der Waals surface area contributed by atoms with Crippen molar-refractivity contribution in [2.45, 2.75) is 38.1 Å². The minimum absolute atomic E-state index is 0.192. The van der Waals surface area contributed by atoms with Gasteiger partial charge in [0.15, 0.2) is 5.82 Å². The summed E-state index contributed by atoms with van der Waals surface area (Å²) in [6.45, 7) is 4.00. The lowest BCUT2D eigenvalue weighted by Gasteiger charge is -2.56. The third-order valence-electron chi connectivity index (χ3n) is 8.73. The number of likely N-dealkylation sites (tertiary alicyclic amines) is 2. The summed E-state index contributed by atoms with van der Waals surface area (Å²) in [5, 5.41) is 0. The molecule has 38 heavy (non-hydrogen) atoms. The first-order valence-corrected chi connectivity index (χ1v) is 13.7. The number of aryl methyl sites for hydroxylation is 1. The zero-order valence-corrected chi connectivity index (χ0v) is 21.5. The standard InChI is InChI=1S/C31H32N6O/c38-29(18-25-19-36(22-34-25)26-5-2-1-3-6-26)35-15-11-31(12-16-35)20-37(21-31)28-10-8-23-17-24(7-9-27(23)28)30-32-13-4-14-33-30/h1-7,9,13-14,17,19,22,28H,8,10-12,15-16,18,20-21H2. The summed E-state index contributed by atoms with van der Waals surface area (Å²) in [5.41, 5.74) is 6.28. The van der Waals surface area contributed by atoms with Crippen molar-refractivity contribution in [3.8, 4) is 17.1 Å². The lowest BCUT2D eigenvalue weighted by atomic mass is 9.71. The van der Waals surface area contributed by atoms with Crippen LogP contribution in [0.1, 0.15) is 42.1 Å². The highest BCUT2D eigenvalue weighted by Crippen LogP contribution is 2.48. The molecule has 7 nitrogen and oxygen atoms in total. The third kappa shape index (κ3) is 4.31. The molecule has 2 saturated heterocycles. The fourth-order valence-electron chi connectivity index (χ4n) is 6.61. The number of carbonyl (C=O) groups is 1. The van der Waals surface area contributed by atoms with Crippen molar-refractivity contribution in [3.05, 3.63) is 96.3 Å². The highest BCUT2D eigenvalue weighted by Gasteiger charge is 2.48. The summed E-state index contributed by atoms with van der Waals surface area (Å²) in [6, 6.07) is 19.2. The molecule has 1 amide bonds. The van der Waals surface area contributed by atoms with Gasteiger partial charge in [0.25, 0.3) is 0 Å². The molecule has 2 aromatic carbocycles. The lowest BCUT2D eigenvalue weighted by Crippen LogP contribution is -2.61. The zero-order valence-electron chi connectivity index (χ0n) is 21.5. The van der Waals surface area contributed by atoms with Gasteiger partial charge in [0.05, 0.1) is 18.4 Å². The van der Waals surface area contributed by atoms with Crippen molar-refractivity contribution < 1.29 is 4.79 Å². The minimum atomic E-state index is 0.192. The summed E-state index contributed by atoms with van der Waals surface area (Å²) >= 11 is 0. The molecule has 1 spiro atoms. The van der Waals surface area contributed by atoms with Gasteiger partial charge < -0.3 is 9.47 Å². The Hall–Kier alpha value is -3.84. The molecule has 0 bridgehead atoms. The first-order valence-electron chi connectivity index (χ1n) is 13.7. The molecule has 2 fully saturated rings. The zero-order chi connectivity index (χ0) is 25.5. The largest absolute Gasteiger partial charge is 0.342 e.